The largest absolute Gasteiger partial charge is 0.383 e. The van der Waals surface area contributed by atoms with Crippen molar-refractivity contribution in [3.05, 3.63) is 22.7 Å². The molecule has 0 amide bonds. The van der Waals surface area contributed by atoms with E-state index in [1.165, 1.54) is 19.3 Å². The normalized spacial score (nSPS) is 11.7. The molecule has 0 aliphatic rings. The summed E-state index contributed by atoms with van der Waals surface area (Å²) in [5.74, 6) is 0.285. The molecule has 0 aromatic carbocycles. The van der Waals surface area contributed by atoms with Crippen LogP contribution in [0.5, 0.6) is 0 Å². The quantitative estimate of drug-likeness (QED) is 0.773. The second kappa shape index (κ2) is 5.84. The van der Waals surface area contributed by atoms with Gasteiger partial charge in [0.2, 0.25) is 0 Å². The number of nitrogens with zero attached hydrogens (tertiary/aromatic N) is 2. The van der Waals surface area contributed by atoms with Gasteiger partial charge >= 0.3 is 5.69 Å². The summed E-state index contributed by atoms with van der Waals surface area (Å²) < 4.78 is 1.68. The van der Waals surface area contributed by atoms with E-state index in [0.29, 0.717) is 0 Å². The first-order chi connectivity index (χ1) is 7.97. The lowest BCUT2D eigenvalue weighted by atomic mass is 9.96. The summed E-state index contributed by atoms with van der Waals surface area (Å²) in [6, 6.07) is 1.68. The smallest absolute Gasteiger partial charge is 0.349 e. The number of rotatable bonds is 6. The van der Waals surface area contributed by atoms with Crippen LogP contribution in [0.4, 0.5) is 5.82 Å². The molecule has 17 heavy (non-hydrogen) atoms. The van der Waals surface area contributed by atoms with E-state index in [4.69, 9.17) is 5.73 Å². The Morgan fingerprint density at radius 2 is 2.06 bits per heavy atom. The molecule has 2 N–H and O–H groups in total. The predicted octanol–water partition coefficient (Wildman–Crippen LogP) is 2.53. The van der Waals surface area contributed by atoms with E-state index in [0.717, 1.165) is 12.8 Å². The number of hydrogen-bond donors (Lipinski definition) is 1. The lowest BCUT2D eigenvalue weighted by molar-refractivity contribution is 0.301. The van der Waals surface area contributed by atoms with Gasteiger partial charge < -0.3 is 5.73 Å². The molecular weight excluding hydrogens is 214 g/mol. The molecule has 0 spiro atoms. The summed E-state index contributed by atoms with van der Waals surface area (Å²) in [6.07, 6.45) is 7.56. The van der Waals surface area contributed by atoms with Crippen molar-refractivity contribution in [1.29, 1.82) is 0 Å². The second-order valence-electron chi connectivity index (χ2n) is 5.13. The molecule has 0 bridgehead atoms. The number of nitrogen functional groups attached to an aromatic ring is 1. The number of nitrogens with two attached hydrogens (primary N) is 1. The summed E-state index contributed by atoms with van der Waals surface area (Å²) in [5, 5.41) is 0. The SMILES string of the molecule is CCCCCCC(C)(C)n1ccc(N)nc1=O. The van der Waals surface area contributed by atoms with Crippen molar-refractivity contribution in [2.45, 2.75) is 58.4 Å². The van der Waals surface area contributed by atoms with Gasteiger partial charge in [0, 0.05) is 11.7 Å². The zero-order valence-electron chi connectivity index (χ0n) is 11.1. The fraction of sp³-hybridized carbons (Fsp3) is 0.692. The summed E-state index contributed by atoms with van der Waals surface area (Å²) in [6.45, 7) is 6.33. The van der Waals surface area contributed by atoms with Crippen LogP contribution < -0.4 is 11.4 Å². The van der Waals surface area contributed by atoms with Crippen LogP contribution in [-0.2, 0) is 5.54 Å². The Kier molecular flexibility index (Phi) is 4.73. The maximum atomic E-state index is 11.7. The minimum atomic E-state index is -0.259. The van der Waals surface area contributed by atoms with Gasteiger partial charge in [-0.3, -0.25) is 4.57 Å². The van der Waals surface area contributed by atoms with Gasteiger partial charge in [0.25, 0.3) is 0 Å². The standard InChI is InChI=1S/C13H23N3O/c1-4-5-6-7-9-13(2,3)16-10-8-11(14)15-12(16)17/h8,10H,4-7,9H2,1-3H3,(H2,14,15,17). The Morgan fingerprint density at radius 1 is 1.35 bits per heavy atom. The Bertz CT molecular complexity index is 409. The third-order valence-corrected chi connectivity index (χ3v) is 3.12. The summed E-state index contributed by atoms with van der Waals surface area (Å²) >= 11 is 0. The van der Waals surface area contributed by atoms with Crippen LogP contribution in [0.15, 0.2) is 17.1 Å². The third-order valence-electron chi connectivity index (χ3n) is 3.12. The Morgan fingerprint density at radius 3 is 2.65 bits per heavy atom. The highest BCUT2D eigenvalue weighted by atomic mass is 16.1. The molecule has 4 nitrogen and oxygen atoms in total. The fourth-order valence-corrected chi connectivity index (χ4v) is 1.98. The minimum absolute atomic E-state index is 0.189. The molecule has 0 saturated carbocycles. The maximum Gasteiger partial charge on any atom is 0.349 e. The van der Waals surface area contributed by atoms with Gasteiger partial charge in [-0.1, -0.05) is 32.6 Å². The van der Waals surface area contributed by atoms with Crippen LogP contribution in [0.1, 0.15) is 52.9 Å². The Labute approximate surface area is 103 Å². The third kappa shape index (κ3) is 3.88. The monoisotopic (exact) mass is 237 g/mol. The highest BCUT2D eigenvalue weighted by Gasteiger charge is 2.20. The molecule has 0 aliphatic heterocycles. The van der Waals surface area contributed by atoms with E-state index in [1.807, 2.05) is 0 Å². The summed E-state index contributed by atoms with van der Waals surface area (Å²) in [5.41, 5.74) is 5.04. The Balaban J connectivity index is 2.71. The van der Waals surface area contributed by atoms with Gasteiger partial charge in [-0.05, 0) is 26.3 Å². The average molecular weight is 237 g/mol. The molecule has 1 rings (SSSR count). The number of hydrogen-bond acceptors (Lipinski definition) is 3. The van der Waals surface area contributed by atoms with Gasteiger partial charge in [-0.2, -0.15) is 4.98 Å². The van der Waals surface area contributed by atoms with Crippen LogP contribution in [-0.4, -0.2) is 9.55 Å². The van der Waals surface area contributed by atoms with Crippen molar-refractivity contribution in [3.8, 4) is 0 Å². The lowest BCUT2D eigenvalue weighted by Crippen LogP contribution is -2.37. The highest BCUT2D eigenvalue weighted by molar-refractivity contribution is 5.23. The zero-order valence-corrected chi connectivity index (χ0v) is 11.1. The molecule has 0 fully saturated rings. The average Bonchev–Trinajstić information content (AvgIpc) is 2.24. The van der Waals surface area contributed by atoms with Crippen LogP contribution in [0.2, 0.25) is 0 Å². The van der Waals surface area contributed by atoms with Gasteiger partial charge in [0.05, 0.1) is 0 Å². The van der Waals surface area contributed by atoms with E-state index in [1.54, 1.807) is 16.8 Å². The van der Waals surface area contributed by atoms with Crippen molar-refractivity contribution < 1.29 is 0 Å². The predicted molar refractivity (Wildman–Crippen MR) is 71.0 cm³/mol. The van der Waals surface area contributed by atoms with Crippen molar-refractivity contribution in [3.63, 3.8) is 0 Å². The molecule has 0 radical (unpaired) electrons. The number of anilines is 1. The van der Waals surface area contributed by atoms with Crippen molar-refractivity contribution in [2.24, 2.45) is 0 Å². The van der Waals surface area contributed by atoms with Gasteiger partial charge in [-0.15, -0.1) is 0 Å². The second-order valence-corrected chi connectivity index (χ2v) is 5.13. The maximum absolute atomic E-state index is 11.7. The molecule has 0 atom stereocenters. The van der Waals surface area contributed by atoms with E-state index in [9.17, 15) is 4.79 Å². The number of aromatic nitrogens is 2. The lowest BCUT2D eigenvalue weighted by Gasteiger charge is -2.27. The van der Waals surface area contributed by atoms with E-state index in [-0.39, 0.29) is 17.0 Å². The zero-order chi connectivity index (χ0) is 12.9. The van der Waals surface area contributed by atoms with Crippen molar-refractivity contribution in [1.82, 2.24) is 9.55 Å². The van der Waals surface area contributed by atoms with Gasteiger partial charge in [0.15, 0.2) is 0 Å². The molecule has 1 aromatic heterocycles. The highest BCUT2D eigenvalue weighted by Crippen LogP contribution is 2.21. The molecule has 0 saturated heterocycles. The van der Waals surface area contributed by atoms with Crippen molar-refractivity contribution >= 4 is 5.82 Å². The molecule has 1 aromatic rings. The molecule has 0 aliphatic carbocycles. The van der Waals surface area contributed by atoms with Crippen LogP contribution in [0.25, 0.3) is 0 Å². The van der Waals surface area contributed by atoms with Gasteiger partial charge in [-0.25, -0.2) is 4.79 Å². The first-order valence-corrected chi connectivity index (χ1v) is 6.33. The molecule has 1 heterocycles. The van der Waals surface area contributed by atoms with Crippen molar-refractivity contribution in [2.75, 3.05) is 5.73 Å². The van der Waals surface area contributed by atoms with Gasteiger partial charge in [0.1, 0.15) is 5.82 Å². The van der Waals surface area contributed by atoms with Crippen LogP contribution >= 0.6 is 0 Å². The first kappa shape index (κ1) is 13.7. The summed E-state index contributed by atoms with van der Waals surface area (Å²) in [4.78, 5) is 15.5. The first-order valence-electron chi connectivity index (χ1n) is 6.33. The van der Waals surface area contributed by atoms with E-state index in [2.05, 4.69) is 25.8 Å². The van der Waals surface area contributed by atoms with E-state index >= 15 is 0 Å². The molecular formula is C13H23N3O. The molecule has 96 valence electrons. The summed E-state index contributed by atoms with van der Waals surface area (Å²) in [7, 11) is 0. The number of unbranched alkanes of at least 4 members (excludes halogenated alkanes) is 3. The molecule has 4 heteroatoms. The van der Waals surface area contributed by atoms with E-state index < -0.39 is 0 Å². The minimum Gasteiger partial charge on any atom is -0.383 e. The fourth-order valence-electron chi connectivity index (χ4n) is 1.98. The topological polar surface area (TPSA) is 60.9 Å². The van der Waals surface area contributed by atoms with Crippen LogP contribution in [0.3, 0.4) is 0 Å². The molecule has 0 unspecified atom stereocenters. The Hall–Kier alpha value is -1.32. The van der Waals surface area contributed by atoms with Crippen LogP contribution in [0, 0.1) is 0 Å².